The number of rotatable bonds is 5. The van der Waals surface area contributed by atoms with E-state index in [1.54, 1.807) is 24.3 Å². The molecule has 1 saturated heterocycles. The van der Waals surface area contributed by atoms with E-state index in [1.165, 1.54) is 12.1 Å². The number of hydrogen-bond donors (Lipinski definition) is 0. The average Bonchev–Trinajstić information content (AvgIpc) is 2.79. The van der Waals surface area contributed by atoms with Crippen LogP contribution in [-0.4, -0.2) is 37.0 Å². The molecule has 0 aromatic heterocycles. The molecule has 0 atom stereocenters. The summed E-state index contributed by atoms with van der Waals surface area (Å²) in [7, 11) is 0. The third-order valence-electron chi connectivity index (χ3n) is 5.19. The first-order valence-electron chi connectivity index (χ1n) is 9.86. The lowest BCUT2D eigenvalue weighted by atomic mass is 10.1. The van der Waals surface area contributed by atoms with Crippen molar-refractivity contribution >= 4 is 23.2 Å². The predicted molar refractivity (Wildman–Crippen MR) is 117 cm³/mol. The average molecular weight is 425 g/mol. The van der Waals surface area contributed by atoms with Crippen LogP contribution in [0.3, 0.4) is 0 Å². The molecular weight excluding hydrogens is 403 g/mol. The van der Waals surface area contributed by atoms with Crippen molar-refractivity contribution in [2.24, 2.45) is 0 Å². The topological polar surface area (TPSA) is 32.8 Å². The van der Waals surface area contributed by atoms with Gasteiger partial charge in [-0.05, 0) is 48.5 Å². The number of piperazine rings is 1. The molecule has 0 radical (unpaired) electrons. The summed E-state index contributed by atoms with van der Waals surface area (Å²) < 4.78 is 19.0. The van der Waals surface area contributed by atoms with Gasteiger partial charge < -0.3 is 14.5 Å². The van der Waals surface area contributed by atoms with Crippen molar-refractivity contribution in [2.45, 2.75) is 6.61 Å². The van der Waals surface area contributed by atoms with Gasteiger partial charge in [0, 0.05) is 48.0 Å². The third kappa shape index (κ3) is 4.74. The van der Waals surface area contributed by atoms with Gasteiger partial charge in [-0.3, -0.25) is 4.79 Å². The number of halogens is 2. The van der Waals surface area contributed by atoms with Gasteiger partial charge in [-0.2, -0.15) is 0 Å². The number of anilines is 1. The van der Waals surface area contributed by atoms with Crippen LogP contribution in [-0.2, 0) is 6.61 Å². The molecule has 0 unspecified atom stereocenters. The Bertz CT molecular complexity index is 1020. The number of nitrogens with zero attached hydrogens (tertiary/aromatic N) is 2. The number of carbonyl (C=O) groups is 1. The van der Waals surface area contributed by atoms with E-state index in [0.29, 0.717) is 49.1 Å². The number of benzene rings is 3. The maximum atomic E-state index is 13.1. The summed E-state index contributed by atoms with van der Waals surface area (Å²) in [5, 5.41) is 0.656. The lowest BCUT2D eigenvalue weighted by Crippen LogP contribution is -2.48. The molecule has 154 valence electrons. The number of hydrogen-bond acceptors (Lipinski definition) is 3. The molecule has 1 aliphatic heterocycles. The molecule has 4 rings (SSSR count). The predicted octanol–water partition coefficient (Wildman–Crippen LogP) is 5.02. The molecule has 0 N–H and O–H groups in total. The minimum atomic E-state index is -0.246. The van der Waals surface area contributed by atoms with Crippen LogP contribution in [0.2, 0.25) is 5.02 Å². The molecule has 4 nitrogen and oxygen atoms in total. The molecule has 3 aromatic carbocycles. The summed E-state index contributed by atoms with van der Waals surface area (Å²) in [5.41, 5.74) is 2.47. The maximum Gasteiger partial charge on any atom is 0.254 e. The Morgan fingerprint density at radius 1 is 0.933 bits per heavy atom. The summed E-state index contributed by atoms with van der Waals surface area (Å²) in [6, 6.07) is 21.2. The second-order valence-electron chi connectivity index (χ2n) is 7.16. The molecule has 1 amide bonds. The molecule has 0 bridgehead atoms. The third-order valence-corrected chi connectivity index (χ3v) is 5.56. The van der Waals surface area contributed by atoms with E-state index in [-0.39, 0.29) is 11.7 Å². The van der Waals surface area contributed by atoms with Crippen molar-refractivity contribution in [3.05, 3.63) is 94.8 Å². The van der Waals surface area contributed by atoms with Gasteiger partial charge in [0.1, 0.15) is 18.2 Å². The van der Waals surface area contributed by atoms with Crippen molar-refractivity contribution in [3.8, 4) is 5.75 Å². The molecule has 6 heteroatoms. The summed E-state index contributed by atoms with van der Waals surface area (Å²) in [6.07, 6.45) is 0. The summed E-state index contributed by atoms with van der Waals surface area (Å²) in [6.45, 7) is 2.98. The number of amides is 1. The van der Waals surface area contributed by atoms with Crippen LogP contribution in [0.15, 0.2) is 72.8 Å². The molecule has 1 aliphatic rings. The number of carbonyl (C=O) groups excluding carboxylic acids is 1. The molecule has 1 heterocycles. The zero-order valence-corrected chi connectivity index (χ0v) is 17.2. The zero-order valence-electron chi connectivity index (χ0n) is 16.4. The molecular formula is C24H22ClFN2O2. The maximum absolute atomic E-state index is 13.1. The molecule has 3 aromatic rings. The molecule has 1 fully saturated rings. The van der Waals surface area contributed by atoms with E-state index in [2.05, 4.69) is 4.90 Å². The smallest absolute Gasteiger partial charge is 0.254 e. The number of ether oxygens (including phenoxy) is 1. The fraction of sp³-hybridized carbons (Fsp3) is 0.208. The van der Waals surface area contributed by atoms with E-state index in [1.807, 2.05) is 41.3 Å². The van der Waals surface area contributed by atoms with Gasteiger partial charge in [0.2, 0.25) is 0 Å². The SMILES string of the molecule is O=C(c1cccc(OCc2ccccc2Cl)c1)N1CCN(c2ccc(F)cc2)CC1. The highest BCUT2D eigenvalue weighted by atomic mass is 35.5. The van der Waals surface area contributed by atoms with E-state index in [9.17, 15) is 9.18 Å². The van der Waals surface area contributed by atoms with E-state index < -0.39 is 0 Å². The normalized spacial score (nSPS) is 13.9. The minimum absolute atomic E-state index is 0.0167. The van der Waals surface area contributed by atoms with Crippen LogP contribution in [0.4, 0.5) is 10.1 Å². The van der Waals surface area contributed by atoms with Crippen molar-refractivity contribution < 1.29 is 13.9 Å². The van der Waals surface area contributed by atoms with Gasteiger partial charge in [-0.15, -0.1) is 0 Å². The van der Waals surface area contributed by atoms with Crippen LogP contribution >= 0.6 is 11.6 Å². The highest BCUT2D eigenvalue weighted by Crippen LogP contribution is 2.21. The van der Waals surface area contributed by atoms with Gasteiger partial charge in [0.25, 0.3) is 5.91 Å². The zero-order chi connectivity index (χ0) is 20.9. The van der Waals surface area contributed by atoms with E-state index >= 15 is 0 Å². The van der Waals surface area contributed by atoms with E-state index in [4.69, 9.17) is 16.3 Å². The summed E-state index contributed by atoms with van der Waals surface area (Å²) >= 11 is 6.17. The first-order chi connectivity index (χ1) is 14.6. The van der Waals surface area contributed by atoms with Crippen LogP contribution in [0.25, 0.3) is 0 Å². The van der Waals surface area contributed by atoms with Gasteiger partial charge in [-0.1, -0.05) is 35.9 Å². The van der Waals surface area contributed by atoms with Crippen LogP contribution < -0.4 is 9.64 Å². The molecule has 0 spiro atoms. The minimum Gasteiger partial charge on any atom is -0.489 e. The lowest BCUT2D eigenvalue weighted by Gasteiger charge is -2.36. The Hall–Kier alpha value is -3.05. The van der Waals surface area contributed by atoms with Crippen LogP contribution in [0, 0.1) is 5.82 Å². The molecule has 0 saturated carbocycles. The molecule has 30 heavy (non-hydrogen) atoms. The molecule has 0 aliphatic carbocycles. The Kier molecular flexibility index (Phi) is 6.19. The highest BCUT2D eigenvalue weighted by Gasteiger charge is 2.22. The first-order valence-corrected chi connectivity index (χ1v) is 10.2. The fourth-order valence-corrected chi connectivity index (χ4v) is 3.69. The first kappa shape index (κ1) is 20.2. The van der Waals surface area contributed by atoms with Gasteiger partial charge in [0.15, 0.2) is 0 Å². The van der Waals surface area contributed by atoms with Gasteiger partial charge in [0.05, 0.1) is 0 Å². The van der Waals surface area contributed by atoms with Crippen molar-refractivity contribution in [3.63, 3.8) is 0 Å². The van der Waals surface area contributed by atoms with Crippen molar-refractivity contribution in [1.29, 1.82) is 0 Å². The second kappa shape index (κ2) is 9.18. The fourth-order valence-electron chi connectivity index (χ4n) is 3.50. The Morgan fingerprint density at radius 3 is 2.40 bits per heavy atom. The lowest BCUT2D eigenvalue weighted by molar-refractivity contribution is 0.0746. The van der Waals surface area contributed by atoms with Crippen molar-refractivity contribution in [1.82, 2.24) is 4.90 Å². The summed E-state index contributed by atoms with van der Waals surface area (Å²) in [4.78, 5) is 16.9. The largest absolute Gasteiger partial charge is 0.489 e. The van der Waals surface area contributed by atoms with Crippen molar-refractivity contribution in [2.75, 3.05) is 31.1 Å². The van der Waals surface area contributed by atoms with Gasteiger partial charge in [-0.25, -0.2) is 4.39 Å². The van der Waals surface area contributed by atoms with E-state index in [0.717, 1.165) is 11.3 Å². The monoisotopic (exact) mass is 424 g/mol. The standard InChI is InChI=1S/C24H22ClFN2O2/c25-23-7-2-1-4-19(23)17-30-22-6-3-5-18(16-22)24(29)28-14-12-27(13-15-28)21-10-8-20(26)9-11-21/h1-11,16H,12-15,17H2. The summed E-state index contributed by atoms with van der Waals surface area (Å²) in [5.74, 6) is 0.367. The Morgan fingerprint density at radius 2 is 1.67 bits per heavy atom. The van der Waals surface area contributed by atoms with Crippen LogP contribution in [0.1, 0.15) is 15.9 Å². The quantitative estimate of drug-likeness (QED) is 0.576. The highest BCUT2D eigenvalue weighted by molar-refractivity contribution is 6.31. The Labute approximate surface area is 180 Å². The Balaban J connectivity index is 1.36. The van der Waals surface area contributed by atoms with Crippen LogP contribution in [0.5, 0.6) is 5.75 Å². The second-order valence-corrected chi connectivity index (χ2v) is 7.57. The van der Waals surface area contributed by atoms with Gasteiger partial charge >= 0.3 is 0 Å².